The van der Waals surface area contributed by atoms with Gasteiger partial charge in [-0.25, -0.2) is 4.98 Å². The van der Waals surface area contributed by atoms with Crippen LogP contribution >= 0.6 is 0 Å². The van der Waals surface area contributed by atoms with E-state index in [1.54, 1.807) is 25.4 Å². The number of H-pyrrole nitrogens is 1. The highest BCUT2D eigenvalue weighted by molar-refractivity contribution is 5.87. The van der Waals surface area contributed by atoms with Crippen molar-refractivity contribution in [1.82, 2.24) is 9.97 Å². The quantitative estimate of drug-likeness (QED) is 0.591. The van der Waals surface area contributed by atoms with Crippen molar-refractivity contribution in [2.75, 3.05) is 7.11 Å². The van der Waals surface area contributed by atoms with Crippen LogP contribution in [-0.2, 0) is 5.41 Å². The zero-order valence-corrected chi connectivity index (χ0v) is 14.9. The molecule has 1 fully saturated rings. The van der Waals surface area contributed by atoms with E-state index in [1.807, 2.05) is 24.3 Å². The number of nitrogens with zero attached hydrogens (tertiary/aromatic N) is 1. The van der Waals surface area contributed by atoms with Crippen LogP contribution in [0.3, 0.4) is 0 Å². The van der Waals surface area contributed by atoms with Gasteiger partial charge in [-0.3, -0.25) is 4.79 Å². The fraction of sp³-hybridized carbons (Fsp3) is 0.182. The van der Waals surface area contributed by atoms with Crippen molar-refractivity contribution in [3.8, 4) is 17.1 Å². The Kier molecular flexibility index (Phi) is 3.44. The first-order valence-corrected chi connectivity index (χ1v) is 8.91. The van der Waals surface area contributed by atoms with E-state index in [4.69, 9.17) is 9.15 Å². The number of fused-ring (bicyclic) bond motifs is 1. The lowest BCUT2D eigenvalue weighted by atomic mass is 9.91. The molecule has 0 atom stereocenters. The van der Waals surface area contributed by atoms with Crippen LogP contribution in [0.4, 0.5) is 0 Å². The number of benzene rings is 2. The fourth-order valence-electron chi connectivity index (χ4n) is 3.84. The molecule has 2 aromatic carbocycles. The molecule has 0 spiro atoms. The normalized spacial score (nSPS) is 15.0. The van der Waals surface area contributed by atoms with Gasteiger partial charge >= 0.3 is 0 Å². The highest BCUT2D eigenvalue weighted by atomic mass is 16.5. The average Bonchev–Trinajstić information content (AvgIpc) is 3.34. The summed E-state index contributed by atoms with van der Waals surface area (Å²) in [6.07, 6.45) is 5.04. The Morgan fingerprint density at radius 3 is 2.63 bits per heavy atom. The van der Waals surface area contributed by atoms with Crippen LogP contribution in [0.1, 0.15) is 24.1 Å². The number of pyridine rings is 1. The lowest BCUT2D eigenvalue weighted by Crippen LogP contribution is -2.15. The second kappa shape index (κ2) is 5.84. The van der Waals surface area contributed by atoms with Gasteiger partial charge in [0.1, 0.15) is 5.75 Å². The number of aromatic amines is 1. The van der Waals surface area contributed by atoms with Gasteiger partial charge in [-0.15, -0.1) is 0 Å². The summed E-state index contributed by atoms with van der Waals surface area (Å²) in [5.74, 6) is 1.21. The van der Waals surface area contributed by atoms with Crippen molar-refractivity contribution in [3.05, 3.63) is 82.6 Å². The number of ether oxygens (including phenoxy) is 1. The van der Waals surface area contributed by atoms with E-state index in [1.165, 1.54) is 12.0 Å². The molecule has 27 heavy (non-hydrogen) atoms. The van der Waals surface area contributed by atoms with Gasteiger partial charge in [0, 0.05) is 28.6 Å². The number of hydrogen-bond acceptors (Lipinski definition) is 4. The van der Waals surface area contributed by atoms with Crippen molar-refractivity contribution in [2.24, 2.45) is 0 Å². The van der Waals surface area contributed by atoms with E-state index >= 15 is 0 Å². The maximum absolute atomic E-state index is 12.9. The third-order valence-electron chi connectivity index (χ3n) is 5.44. The highest BCUT2D eigenvalue weighted by Gasteiger charge is 2.46. The second-order valence-corrected chi connectivity index (χ2v) is 6.96. The topological polar surface area (TPSA) is 68.1 Å². The van der Waals surface area contributed by atoms with Gasteiger partial charge in [0.15, 0.2) is 17.6 Å². The highest BCUT2D eigenvalue weighted by Crippen LogP contribution is 2.52. The van der Waals surface area contributed by atoms with Crippen LogP contribution in [0.25, 0.3) is 22.2 Å². The van der Waals surface area contributed by atoms with E-state index in [0.717, 1.165) is 24.1 Å². The summed E-state index contributed by atoms with van der Waals surface area (Å²) < 4.78 is 10.9. The van der Waals surface area contributed by atoms with Crippen LogP contribution in [0, 0.1) is 0 Å². The predicted molar refractivity (Wildman–Crippen MR) is 103 cm³/mol. The molecule has 1 aliphatic rings. The Morgan fingerprint density at radius 2 is 1.96 bits per heavy atom. The lowest BCUT2D eigenvalue weighted by Gasteiger charge is -2.17. The smallest absolute Gasteiger partial charge is 0.189 e. The molecular weight excluding hydrogens is 340 g/mol. The fourth-order valence-corrected chi connectivity index (χ4v) is 3.84. The molecule has 1 aliphatic carbocycles. The molecule has 0 radical (unpaired) electrons. The zero-order valence-electron chi connectivity index (χ0n) is 14.9. The van der Waals surface area contributed by atoms with Crippen molar-refractivity contribution >= 4 is 10.9 Å². The number of hydrogen-bond donors (Lipinski definition) is 1. The molecule has 0 aliphatic heterocycles. The van der Waals surface area contributed by atoms with Crippen molar-refractivity contribution in [1.29, 1.82) is 0 Å². The third-order valence-corrected chi connectivity index (χ3v) is 5.44. The maximum Gasteiger partial charge on any atom is 0.189 e. The summed E-state index contributed by atoms with van der Waals surface area (Å²) in [4.78, 5) is 20.4. The van der Waals surface area contributed by atoms with Crippen LogP contribution in [0.5, 0.6) is 5.75 Å². The molecule has 1 saturated carbocycles. The first kappa shape index (κ1) is 15.9. The summed E-state index contributed by atoms with van der Waals surface area (Å²) in [5.41, 5.74) is 3.57. The summed E-state index contributed by atoms with van der Waals surface area (Å²) in [5, 5.41) is 0.606. The Morgan fingerprint density at radius 1 is 1.15 bits per heavy atom. The van der Waals surface area contributed by atoms with Crippen molar-refractivity contribution in [3.63, 3.8) is 0 Å². The molecule has 4 aromatic rings. The van der Waals surface area contributed by atoms with Gasteiger partial charge in [-0.1, -0.05) is 30.3 Å². The van der Waals surface area contributed by atoms with Gasteiger partial charge in [-0.2, -0.15) is 0 Å². The van der Waals surface area contributed by atoms with E-state index in [2.05, 4.69) is 22.1 Å². The van der Waals surface area contributed by atoms with Gasteiger partial charge in [0.05, 0.1) is 24.4 Å². The molecule has 1 N–H and O–H groups in total. The zero-order chi connectivity index (χ0) is 18.4. The average molecular weight is 358 g/mol. The number of methoxy groups -OCH3 is 1. The minimum Gasteiger partial charge on any atom is -0.496 e. The Balaban J connectivity index is 1.70. The van der Waals surface area contributed by atoms with Crippen LogP contribution in [0.15, 0.2) is 70.3 Å². The van der Waals surface area contributed by atoms with Gasteiger partial charge < -0.3 is 14.1 Å². The minimum absolute atomic E-state index is 0.00984. The maximum atomic E-state index is 12.9. The standard InChI is InChI=1S/C22H18N2O3/c1-26-19-10-17-15(9-16(19)20-12-23-13-27-20)18(25)11-21(24-17)22(7-8-22)14-5-3-2-4-6-14/h2-6,9-13H,7-8H2,1H3,(H,24,25). The van der Waals surface area contributed by atoms with Gasteiger partial charge in [0.2, 0.25) is 0 Å². The molecule has 5 nitrogen and oxygen atoms in total. The second-order valence-electron chi connectivity index (χ2n) is 6.96. The molecule has 2 aromatic heterocycles. The lowest BCUT2D eigenvalue weighted by molar-refractivity contribution is 0.415. The minimum atomic E-state index is -0.0918. The predicted octanol–water partition coefficient (Wildman–Crippen LogP) is 4.27. The van der Waals surface area contributed by atoms with E-state index in [0.29, 0.717) is 22.5 Å². The summed E-state index contributed by atoms with van der Waals surface area (Å²) in [7, 11) is 1.61. The Hall–Kier alpha value is -3.34. The molecule has 0 saturated heterocycles. The molecule has 2 heterocycles. The molecule has 0 bridgehead atoms. The molecule has 0 unspecified atom stereocenters. The summed E-state index contributed by atoms with van der Waals surface area (Å²) in [6, 6.07) is 15.8. The molecule has 134 valence electrons. The molecule has 0 amide bonds. The Bertz CT molecular complexity index is 1170. The number of nitrogens with one attached hydrogen (secondary N) is 1. The van der Waals surface area contributed by atoms with E-state index < -0.39 is 0 Å². The van der Waals surface area contributed by atoms with Crippen LogP contribution in [-0.4, -0.2) is 17.1 Å². The number of rotatable bonds is 4. The van der Waals surface area contributed by atoms with Gasteiger partial charge in [0.25, 0.3) is 0 Å². The summed E-state index contributed by atoms with van der Waals surface area (Å²) in [6.45, 7) is 0. The van der Waals surface area contributed by atoms with Crippen LogP contribution in [0.2, 0.25) is 0 Å². The van der Waals surface area contributed by atoms with Crippen molar-refractivity contribution in [2.45, 2.75) is 18.3 Å². The SMILES string of the molecule is COc1cc2[nH]c(C3(c4ccccc4)CC3)cc(=O)c2cc1-c1cnco1. The summed E-state index contributed by atoms with van der Waals surface area (Å²) >= 11 is 0. The van der Waals surface area contributed by atoms with Crippen molar-refractivity contribution < 1.29 is 9.15 Å². The van der Waals surface area contributed by atoms with E-state index in [9.17, 15) is 4.79 Å². The van der Waals surface area contributed by atoms with E-state index in [-0.39, 0.29) is 10.8 Å². The Labute approximate surface area is 155 Å². The monoisotopic (exact) mass is 358 g/mol. The largest absolute Gasteiger partial charge is 0.496 e. The third kappa shape index (κ3) is 2.46. The molecule has 5 rings (SSSR count). The first-order chi connectivity index (χ1) is 13.2. The molecular formula is C22H18N2O3. The van der Waals surface area contributed by atoms with Gasteiger partial charge in [-0.05, 0) is 24.5 Å². The van der Waals surface area contributed by atoms with Crippen LogP contribution < -0.4 is 10.2 Å². The molecule has 5 heteroatoms. The number of aromatic nitrogens is 2. The number of oxazole rings is 1. The first-order valence-electron chi connectivity index (χ1n) is 8.91.